The third-order valence-corrected chi connectivity index (χ3v) is 4.21. The van der Waals surface area contributed by atoms with E-state index in [0.29, 0.717) is 19.4 Å². The van der Waals surface area contributed by atoms with Crippen LogP contribution in [0.5, 0.6) is 0 Å². The smallest absolute Gasteiger partial charge is 0.236 e. The molecule has 6 nitrogen and oxygen atoms in total. The average molecular weight is 285 g/mol. The Morgan fingerprint density at radius 3 is 2.45 bits per heavy atom. The second kappa shape index (κ2) is 8.09. The molecule has 1 aliphatic rings. The summed E-state index contributed by atoms with van der Waals surface area (Å²) >= 11 is 0. The largest absolute Gasteiger partial charge is 0.409 e. The lowest BCUT2D eigenvalue weighted by Crippen LogP contribution is -2.51. The van der Waals surface area contributed by atoms with Crippen molar-refractivity contribution < 1.29 is 15.1 Å². The molecule has 0 radical (unpaired) electrons. The lowest BCUT2D eigenvalue weighted by Gasteiger charge is -2.37. The van der Waals surface area contributed by atoms with Gasteiger partial charge in [0.15, 0.2) is 5.84 Å². The molecule has 0 aromatic heterocycles. The minimum atomic E-state index is -0.821. The minimum Gasteiger partial charge on any atom is -0.409 e. The molecule has 20 heavy (non-hydrogen) atoms. The van der Waals surface area contributed by atoms with Gasteiger partial charge in [0.25, 0.3) is 0 Å². The molecule has 116 valence electrons. The molecule has 1 amide bonds. The number of aliphatic hydroxyl groups is 1. The number of hydrogen-bond acceptors (Lipinski definition) is 4. The zero-order chi connectivity index (χ0) is 15.0. The molecule has 6 heteroatoms. The minimum absolute atomic E-state index is 0.0449. The molecule has 0 saturated heterocycles. The highest BCUT2D eigenvalue weighted by Gasteiger charge is 2.45. The van der Waals surface area contributed by atoms with E-state index in [2.05, 4.69) is 5.16 Å². The number of carbonyl (C=O) groups is 1. The van der Waals surface area contributed by atoms with E-state index in [1.165, 1.54) is 0 Å². The van der Waals surface area contributed by atoms with Gasteiger partial charge in [-0.05, 0) is 32.1 Å². The monoisotopic (exact) mass is 285 g/mol. The molecule has 1 rings (SSSR count). The average Bonchev–Trinajstić information content (AvgIpc) is 2.50. The Bertz CT molecular complexity index is 339. The predicted octanol–water partition coefficient (Wildman–Crippen LogP) is 1.30. The summed E-state index contributed by atoms with van der Waals surface area (Å²) in [6.45, 7) is 0.824. The van der Waals surface area contributed by atoms with Crippen molar-refractivity contribution in [3.8, 4) is 0 Å². The third-order valence-electron chi connectivity index (χ3n) is 4.21. The van der Waals surface area contributed by atoms with E-state index in [-0.39, 0.29) is 18.3 Å². The topological polar surface area (TPSA) is 99.2 Å². The molecule has 1 fully saturated rings. The number of oxime groups is 1. The number of hydrogen-bond donors (Lipinski definition) is 3. The normalized spacial score (nSPS) is 18.8. The van der Waals surface area contributed by atoms with Crippen molar-refractivity contribution in [3.05, 3.63) is 0 Å². The third kappa shape index (κ3) is 3.85. The van der Waals surface area contributed by atoms with Crippen LogP contribution in [0.25, 0.3) is 0 Å². The summed E-state index contributed by atoms with van der Waals surface area (Å²) in [6.07, 6.45) is 6.77. The number of carbonyl (C=O) groups excluding carboxylic acids is 1. The molecule has 1 aliphatic carbocycles. The molecular weight excluding hydrogens is 258 g/mol. The first-order valence-electron chi connectivity index (χ1n) is 7.43. The van der Waals surface area contributed by atoms with E-state index in [9.17, 15) is 4.79 Å². The van der Waals surface area contributed by atoms with Crippen LogP contribution in [-0.4, -0.2) is 47.2 Å². The van der Waals surface area contributed by atoms with Crippen LogP contribution in [-0.2, 0) is 4.79 Å². The van der Waals surface area contributed by atoms with Crippen molar-refractivity contribution >= 4 is 11.7 Å². The van der Waals surface area contributed by atoms with E-state index in [1.54, 1.807) is 11.9 Å². The summed E-state index contributed by atoms with van der Waals surface area (Å²) in [6, 6.07) is 0. The van der Waals surface area contributed by atoms with Crippen LogP contribution in [0.1, 0.15) is 51.4 Å². The van der Waals surface area contributed by atoms with E-state index in [0.717, 1.165) is 38.5 Å². The fourth-order valence-corrected chi connectivity index (χ4v) is 2.94. The summed E-state index contributed by atoms with van der Waals surface area (Å²) in [4.78, 5) is 14.4. The molecule has 0 aromatic carbocycles. The van der Waals surface area contributed by atoms with Gasteiger partial charge in [-0.1, -0.05) is 24.4 Å². The van der Waals surface area contributed by atoms with E-state index < -0.39 is 5.41 Å². The van der Waals surface area contributed by atoms with Gasteiger partial charge in [0.1, 0.15) is 5.41 Å². The zero-order valence-corrected chi connectivity index (χ0v) is 12.3. The second-order valence-corrected chi connectivity index (χ2v) is 5.64. The van der Waals surface area contributed by atoms with Crippen LogP contribution < -0.4 is 5.73 Å². The molecule has 0 spiro atoms. The Morgan fingerprint density at radius 1 is 1.25 bits per heavy atom. The highest BCUT2D eigenvalue weighted by atomic mass is 16.4. The van der Waals surface area contributed by atoms with Gasteiger partial charge in [-0.25, -0.2) is 0 Å². The summed E-state index contributed by atoms with van der Waals surface area (Å²) in [5, 5.41) is 20.9. The number of aliphatic hydroxyl groups excluding tert-OH is 1. The summed E-state index contributed by atoms with van der Waals surface area (Å²) < 4.78 is 0. The number of amides is 1. The molecule has 4 N–H and O–H groups in total. The maximum atomic E-state index is 12.7. The summed E-state index contributed by atoms with van der Waals surface area (Å²) in [5.41, 5.74) is 5.00. The van der Waals surface area contributed by atoms with Crippen LogP contribution >= 0.6 is 0 Å². The summed E-state index contributed by atoms with van der Waals surface area (Å²) in [5.74, 6) is 0.000840. The van der Waals surface area contributed by atoms with Gasteiger partial charge in [0.05, 0.1) is 0 Å². The Kier molecular flexibility index (Phi) is 6.78. The van der Waals surface area contributed by atoms with Crippen LogP contribution in [0.2, 0.25) is 0 Å². The van der Waals surface area contributed by atoms with Crippen LogP contribution in [0.4, 0.5) is 0 Å². The molecule has 1 saturated carbocycles. The second-order valence-electron chi connectivity index (χ2n) is 5.64. The van der Waals surface area contributed by atoms with Crippen molar-refractivity contribution in [1.29, 1.82) is 0 Å². The van der Waals surface area contributed by atoms with E-state index in [1.807, 2.05) is 0 Å². The maximum absolute atomic E-state index is 12.7. The van der Waals surface area contributed by atoms with Gasteiger partial charge < -0.3 is 20.9 Å². The SMILES string of the molecule is CN(CCCCCO)C(=O)C1(C(N)=NO)CCCCC1. The lowest BCUT2D eigenvalue weighted by molar-refractivity contribution is -0.138. The van der Waals surface area contributed by atoms with Crippen molar-refractivity contribution in [2.75, 3.05) is 20.2 Å². The van der Waals surface area contributed by atoms with Crippen molar-refractivity contribution in [1.82, 2.24) is 4.90 Å². The van der Waals surface area contributed by atoms with Crippen molar-refractivity contribution in [3.63, 3.8) is 0 Å². The number of amidine groups is 1. The Balaban J connectivity index is 2.68. The van der Waals surface area contributed by atoms with Crippen LogP contribution in [0, 0.1) is 5.41 Å². The standard InChI is InChI=1S/C14H27N3O3/c1-17(10-6-3-7-11-18)13(19)14(12(15)16-20)8-4-2-5-9-14/h18,20H,2-11H2,1H3,(H2,15,16). The van der Waals surface area contributed by atoms with Crippen molar-refractivity contribution in [2.24, 2.45) is 16.3 Å². The first kappa shape index (κ1) is 16.8. The molecule has 0 atom stereocenters. The highest BCUT2D eigenvalue weighted by molar-refractivity contribution is 6.06. The Labute approximate surface area is 120 Å². The Hall–Kier alpha value is -1.30. The molecular formula is C14H27N3O3. The predicted molar refractivity (Wildman–Crippen MR) is 77.5 cm³/mol. The van der Waals surface area contributed by atoms with E-state index in [4.69, 9.17) is 16.0 Å². The summed E-state index contributed by atoms with van der Waals surface area (Å²) in [7, 11) is 1.77. The highest BCUT2D eigenvalue weighted by Crippen LogP contribution is 2.38. The first-order valence-corrected chi connectivity index (χ1v) is 7.43. The number of unbranched alkanes of at least 4 members (excludes halogenated alkanes) is 2. The lowest BCUT2D eigenvalue weighted by atomic mass is 9.72. The fraction of sp³-hybridized carbons (Fsp3) is 0.857. The molecule has 0 aromatic rings. The van der Waals surface area contributed by atoms with Gasteiger partial charge in [-0.2, -0.15) is 0 Å². The van der Waals surface area contributed by atoms with Gasteiger partial charge in [-0.15, -0.1) is 0 Å². The van der Waals surface area contributed by atoms with Gasteiger partial charge >= 0.3 is 0 Å². The number of rotatable bonds is 7. The molecule has 0 unspecified atom stereocenters. The molecule has 0 heterocycles. The van der Waals surface area contributed by atoms with Crippen LogP contribution in [0.3, 0.4) is 0 Å². The zero-order valence-electron chi connectivity index (χ0n) is 12.3. The quantitative estimate of drug-likeness (QED) is 0.216. The maximum Gasteiger partial charge on any atom is 0.236 e. The molecule has 0 aliphatic heterocycles. The first-order chi connectivity index (χ1) is 9.58. The van der Waals surface area contributed by atoms with Gasteiger partial charge in [-0.3, -0.25) is 4.79 Å². The Morgan fingerprint density at radius 2 is 1.90 bits per heavy atom. The van der Waals surface area contributed by atoms with Crippen LogP contribution in [0.15, 0.2) is 5.16 Å². The number of nitrogens with two attached hydrogens (primary N) is 1. The number of nitrogens with zero attached hydrogens (tertiary/aromatic N) is 2. The van der Waals surface area contributed by atoms with E-state index >= 15 is 0 Å². The van der Waals surface area contributed by atoms with Gasteiger partial charge in [0, 0.05) is 20.2 Å². The van der Waals surface area contributed by atoms with Gasteiger partial charge in [0.2, 0.25) is 5.91 Å². The fourth-order valence-electron chi connectivity index (χ4n) is 2.94. The molecule has 0 bridgehead atoms. The van der Waals surface area contributed by atoms with Crippen molar-refractivity contribution in [2.45, 2.75) is 51.4 Å².